The highest BCUT2D eigenvalue weighted by Crippen LogP contribution is 2.55. The molecule has 0 nitrogen and oxygen atoms in total. The molecule has 11 aromatic rings. The lowest BCUT2D eigenvalue weighted by Crippen LogP contribution is -2.15. The van der Waals surface area contributed by atoms with Crippen LogP contribution < -0.4 is 0 Å². The molecule has 0 heterocycles. The zero-order valence-electron chi connectivity index (χ0n) is 39.0. The van der Waals surface area contributed by atoms with Gasteiger partial charge in [-0.1, -0.05) is 223 Å². The van der Waals surface area contributed by atoms with Crippen LogP contribution in [0.25, 0.3) is 110 Å². The van der Waals surface area contributed by atoms with Gasteiger partial charge in [0.1, 0.15) is 0 Å². The van der Waals surface area contributed by atoms with E-state index in [1.165, 1.54) is 138 Å². The topological polar surface area (TPSA) is 0 Å². The number of hydrogen-bond acceptors (Lipinski definition) is 0. The number of benzene rings is 11. The molecule has 0 heteroatoms. The number of hydrogen-bond donors (Lipinski definition) is 0. The van der Waals surface area contributed by atoms with E-state index in [2.05, 4.69) is 235 Å². The molecule has 13 rings (SSSR count). The zero-order chi connectivity index (χ0) is 45.2. The van der Waals surface area contributed by atoms with E-state index in [0.717, 1.165) is 12.8 Å². The highest BCUT2D eigenvalue weighted by molar-refractivity contribution is 6.30. The molecule has 0 amide bonds. The Morgan fingerprint density at radius 1 is 0.284 bits per heavy atom. The predicted octanol–water partition coefficient (Wildman–Crippen LogP) is 18.5. The summed E-state index contributed by atoms with van der Waals surface area (Å²) in [5, 5.41) is 10.2. The second-order valence-corrected chi connectivity index (χ2v) is 20.2. The van der Waals surface area contributed by atoms with Crippen LogP contribution in [-0.4, -0.2) is 0 Å². The molecule has 2 aliphatic carbocycles. The Bertz CT molecular complexity index is 3740. The zero-order valence-corrected chi connectivity index (χ0v) is 39.0. The van der Waals surface area contributed by atoms with Gasteiger partial charge >= 0.3 is 0 Å². The smallest absolute Gasteiger partial charge is 0.0159 e. The molecular formula is C67H52. The average molecular weight is 857 g/mol. The molecule has 2 aliphatic rings. The maximum Gasteiger partial charge on any atom is 0.0159 e. The molecule has 0 saturated carbocycles. The molecule has 0 aliphatic heterocycles. The van der Waals surface area contributed by atoms with Crippen molar-refractivity contribution >= 4 is 43.1 Å². The second kappa shape index (κ2) is 14.7. The molecule has 0 aromatic heterocycles. The third kappa shape index (κ3) is 5.79. The van der Waals surface area contributed by atoms with Crippen LogP contribution in [-0.2, 0) is 17.3 Å². The fourth-order valence-electron chi connectivity index (χ4n) is 12.5. The average Bonchev–Trinajstić information content (AvgIpc) is 3.73. The van der Waals surface area contributed by atoms with Gasteiger partial charge in [-0.15, -0.1) is 0 Å². The first kappa shape index (κ1) is 39.8. The monoisotopic (exact) mass is 856 g/mol. The fraction of sp³-hybridized carbons (Fsp3) is 0.134. The maximum atomic E-state index is 2.52. The van der Waals surface area contributed by atoms with E-state index in [4.69, 9.17) is 0 Å². The summed E-state index contributed by atoms with van der Waals surface area (Å²) in [5.74, 6) is 0. The Morgan fingerprint density at radius 3 is 1.03 bits per heavy atom. The highest BCUT2D eigenvalue weighted by Gasteiger charge is 2.38. The number of rotatable bonds is 6. The summed E-state index contributed by atoms with van der Waals surface area (Å²) in [6, 6.07) is 76.4. The Kier molecular flexibility index (Phi) is 8.75. The Hall–Kier alpha value is -7.54. The van der Waals surface area contributed by atoms with Crippen LogP contribution >= 0.6 is 0 Å². The Labute approximate surface area is 394 Å². The SMILES string of the molecule is CCCc1ccc(-c2c3ccccc3c(-c3c4ccccc4c(-c4ccc5c(c4)C(C)(C)c4cc(-c6ccc7c(c6)C(C)(C)c6ccccc6-7)ccc4-5)c4ccccc34)c3ccccc23)cc1. The normalized spacial score (nSPS) is 14.1. The summed E-state index contributed by atoms with van der Waals surface area (Å²) >= 11 is 0. The maximum absolute atomic E-state index is 2.52. The molecular weight excluding hydrogens is 805 g/mol. The largest absolute Gasteiger partial charge is 0.0651 e. The molecule has 0 unspecified atom stereocenters. The van der Waals surface area contributed by atoms with Gasteiger partial charge in [-0.25, -0.2) is 0 Å². The van der Waals surface area contributed by atoms with Crippen LogP contribution in [0.2, 0.25) is 0 Å². The Morgan fingerprint density at radius 2 is 0.597 bits per heavy atom. The predicted molar refractivity (Wildman–Crippen MR) is 287 cm³/mol. The number of fused-ring (bicyclic) bond motifs is 10. The van der Waals surface area contributed by atoms with Gasteiger partial charge in [0.2, 0.25) is 0 Å². The minimum atomic E-state index is -0.190. The quantitative estimate of drug-likeness (QED) is 0.146. The fourth-order valence-corrected chi connectivity index (χ4v) is 12.5. The van der Waals surface area contributed by atoms with Crippen molar-refractivity contribution in [2.75, 3.05) is 0 Å². The van der Waals surface area contributed by atoms with Gasteiger partial charge in [0, 0.05) is 10.8 Å². The van der Waals surface area contributed by atoms with Crippen LogP contribution in [0.5, 0.6) is 0 Å². The second-order valence-electron chi connectivity index (χ2n) is 20.2. The van der Waals surface area contributed by atoms with Crippen molar-refractivity contribution < 1.29 is 0 Å². The van der Waals surface area contributed by atoms with Crippen LogP contribution in [0.1, 0.15) is 68.9 Å². The van der Waals surface area contributed by atoms with Crippen molar-refractivity contribution in [1.82, 2.24) is 0 Å². The van der Waals surface area contributed by atoms with Gasteiger partial charge in [-0.05, 0) is 162 Å². The van der Waals surface area contributed by atoms with E-state index in [9.17, 15) is 0 Å². The van der Waals surface area contributed by atoms with Gasteiger partial charge in [-0.2, -0.15) is 0 Å². The third-order valence-electron chi connectivity index (χ3n) is 15.8. The van der Waals surface area contributed by atoms with E-state index < -0.39 is 0 Å². The molecule has 0 N–H and O–H groups in total. The molecule has 67 heavy (non-hydrogen) atoms. The summed E-state index contributed by atoms with van der Waals surface area (Å²) in [5.41, 5.74) is 22.5. The molecule has 320 valence electrons. The summed E-state index contributed by atoms with van der Waals surface area (Å²) in [7, 11) is 0. The van der Waals surface area contributed by atoms with Gasteiger partial charge in [0.15, 0.2) is 0 Å². The third-order valence-corrected chi connectivity index (χ3v) is 15.8. The first-order chi connectivity index (χ1) is 32.7. The standard InChI is InChI=1S/C67H52/c1-6-17-41-28-30-42(31-29-41)62-50-19-7-11-23-54(50)64(55-24-12-8-20-51(55)62)65-56-25-13-9-21-52(56)63(53-22-10-14-26-57(53)65)45-34-37-49-48-36-33-44(39-60(48)67(4,5)61(49)40-45)43-32-35-47-46-18-15-16-27-58(46)66(2,3)59(47)38-43/h7-16,18-40H,6,17H2,1-5H3. The molecule has 0 radical (unpaired) electrons. The summed E-state index contributed by atoms with van der Waals surface area (Å²) in [6.07, 6.45) is 2.24. The van der Waals surface area contributed by atoms with Gasteiger partial charge < -0.3 is 0 Å². The molecule has 11 aromatic carbocycles. The highest BCUT2D eigenvalue weighted by atomic mass is 14.4. The number of aryl methyl sites for hydroxylation is 1. The van der Waals surface area contributed by atoms with Crippen molar-refractivity contribution in [2.24, 2.45) is 0 Å². The van der Waals surface area contributed by atoms with Crippen LogP contribution in [0.3, 0.4) is 0 Å². The first-order valence-corrected chi connectivity index (χ1v) is 24.2. The molecule has 0 spiro atoms. The Balaban J connectivity index is 0.972. The lowest BCUT2D eigenvalue weighted by molar-refractivity contribution is 0.659. The van der Waals surface area contributed by atoms with E-state index in [1.54, 1.807) is 0 Å². The van der Waals surface area contributed by atoms with Crippen LogP contribution in [0.4, 0.5) is 0 Å². The van der Waals surface area contributed by atoms with Crippen molar-refractivity contribution in [1.29, 1.82) is 0 Å². The van der Waals surface area contributed by atoms with Crippen molar-refractivity contribution in [2.45, 2.75) is 58.3 Å². The van der Waals surface area contributed by atoms with E-state index in [1.807, 2.05) is 0 Å². The van der Waals surface area contributed by atoms with Crippen molar-refractivity contribution in [3.8, 4) is 66.8 Å². The summed E-state index contributed by atoms with van der Waals surface area (Å²) < 4.78 is 0. The first-order valence-electron chi connectivity index (χ1n) is 24.2. The molecule has 0 fully saturated rings. The molecule has 0 atom stereocenters. The van der Waals surface area contributed by atoms with E-state index in [0.29, 0.717) is 0 Å². The lowest BCUT2D eigenvalue weighted by Gasteiger charge is -2.24. The minimum Gasteiger partial charge on any atom is -0.0651 e. The molecule has 0 saturated heterocycles. The van der Waals surface area contributed by atoms with E-state index in [-0.39, 0.29) is 10.8 Å². The van der Waals surface area contributed by atoms with Crippen LogP contribution in [0.15, 0.2) is 200 Å². The summed E-state index contributed by atoms with van der Waals surface area (Å²) in [6.45, 7) is 11.8. The lowest BCUT2D eigenvalue weighted by atomic mass is 9.79. The van der Waals surface area contributed by atoms with Gasteiger partial charge in [0.05, 0.1) is 0 Å². The van der Waals surface area contributed by atoms with Crippen molar-refractivity contribution in [3.63, 3.8) is 0 Å². The van der Waals surface area contributed by atoms with Crippen molar-refractivity contribution in [3.05, 3.63) is 228 Å². The van der Waals surface area contributed by atoms with Gasteiger partial charge in [-0.3, -0.25) is 0 Å². The van der Waals surface area contributed by atoms with Crippen LogP contribution in [0, 0.1) is 0 Å². The summed E-state index contributed by atoms with van der Waals surface area (Å²) in [4.78, 5) is 0. The van der Waals surface area contributed by atoms with Gasteiger partial charge in [0.25, 0.3) is 0 Å². The minimum absolute atomic E-state index is 0.0373. The van der Waals surface area contributed by atoms with E-state index >= 15 is 0 Å². The molecule has 0 bridgehead atoms.